The molecule has 0 atom stereocenters. The summed E-state index contributed by atoms with van der Waals surface area (Å²) in [4.78, 5) is 15.8. The number of anilines is 1. The minimum Gasteiger partial charge on any atom is -0.324 e. The first-order valence-corrected chi connectivity index (χ1v) is 4.89. The molecule has 0 unspecified atom stereocenters. The van der Waals surface area contributed by atoms with Gasteiger partial charge in [0.15, 0.2) is 0 Å². The van der Waals surface area contributed by atoms with Crippen LogP contribution >= 0.6 is 0 Å². The summed E-state index contributed by atoms with van der Waals surface area (Å²) in [6, 6.07) is 7.24. The molecule has 1 aliphatic rings. The number of hydrazine groups is 1. The standard InChI is InChI=1S/C11H12N4O/c1-2-7-12-11-13-9-6-4-3-5-8(9)10(16)14-15-11/h2-6H,1,7H2,(H,14,16)(H2,12,13,15). The molecule has 3 N–H and O–H groups in total. The van der Waals surface area contributed by atoms with Gasteiger partial charge in [-0.05, 0) is 12.1 Å². The van der Waals surface area contributed by atoms with E-state index in [1.165, 1.54) is 0 Å². The number of hydrogen-bond donors (Lipinski definition) is 3. The Bertz CT molecular complexity index is 453. The van der Waals surface area contributed by atoms with Gasteiger partial charge in [-0.2, -0.15) is 0 Å². The zero-order valence-electron chi connectivity index (χ0n) is 8.66. The molecule has 1 heterocycles. The van der Waals surface area contributed by atoms with Gasteiger partial charge < -0.3 is 5.32 Å². The number of fused-ring (bicyclic) bond motifs is 1. The van der Waals surface area contributed by atoms with Gasteiger partial charge in [-0.15, -0.1) is 6.58 Å². The molecule has 0 aliphatic carbocycles. The maximum Gasteiger partial charge on any atom is 0.271 e. The molecular weight excluding hydrogens is 204 g/mol. The number of aliphatic imine (C=N–C) groups is 1. The largest absolute Gasteiger partial charge is 0.324 e. The van der Waals surface area contributed by atoms with E-state index in [4.69, 9.17) is 0 Å². The van der Waals surface area contributed by atoms with E-state index in [9.17, 15) is 4.79 Å². The fourth-order valence-corrected chi connectivity index (χ4v) is 1.37. The summed E-state index contributed by atoms with van der Waals surface area (Å²) >= 11 is 0. The Morgan fingerprint density at radius 3 is 2.94 bits per heavy atom. The summed E-state index contributed by atoms with van der Waals surface area (Å²) in [5, 5.41) is 3.03. The van der Waals surface area contributed by atoms with Crippen LogP contribution in [0.3, 0.4) is 0 Å². The molecule has 0 bridgehead atoms. The third-order valence-corrected chi connectivity index (χ3v) is 2.10. The monoisotopic (exact) mass is 216 g/mol. The number of rotatable bonds is 2. The van der Waals surface area contributed by atoms with Crippen molar-refractivity contribution in [3.8, 4) is 0 Å². The van der Waals surface area contributed by atoms with Crippen LogP contribution in [-0.2, 0) is 0 Å². The number of amides is 1. The smallest absolute Gasteiger partial charge is 0.271 e. The second-order valence-electron chi connectivity index (χ2n) is 3.23. The molecule has 2 rings (SSSR count). The third-order valence-electron chi connectivity index (χ3n) is 2.10. The molecule has 0 radical (unpaired) electrons. The Kier molecular flexibility index (Phi) is 2.86. The van der Waals surface area contributed by atoms with Crippen molar-refractivity contribution in [2.45, 2.75) is 0 Å². The molecule has 0 saturated carbocycles. The number of hydrogen-bond acceptors (Lipinski definition) is 2. The molecule has 0 spiro atoms. The fraction of sp³-hybridized carbons (Fsp3) is 0.0909. The normalized spacial score (nSPS) is 16.5. The van der Waals surface area contributed by atoms with Gasteiger partial charge in [0.1, 0.15) is 0 Å². The summed E-state index contributed by atoms with van der Waals surface area (Å²) in [6.07, 6.45) is 1.68. The SMILES string of the molecule is C=CCN=C1NNC(=O)c2ccccc2N1. The Morgan fingerprint density at radius 2 is 2.12 bits per heavy atom. The molecule has 0 aromatic heterocycles. The minimum atomic E-state index is -0.188. The lowest BCUT2D eigenvalue weighted by molar-refractivity contribution is 0.0946. The number of benzene rings is 1. The lowest BCUT2D eigenvalue weighted by Crippen LogP contribution is -2.42. The van der Waals surface area contributed by atoms with Gasteiger partial charge in [0.2, 0.25) is 5.96 Å². The average Bonchev–Trinajstić information content (AvgIpc) is 2.47. The highest BCUT2D eigenvalue weighted by molar-refractivity contribution is 6.07. The van der Waals surface area contributed by atoms with E-state index in [0.717, 1.165) is 5.69 Å². The van der Waals surface area contributed by atoms with E-state index in [1.807, 2.05) is 18.2 Å². The van der Waals surface area contributed by atoms with Crippen molar-refractivity contribution < 1.29 is 4.79 Å². The number of nitrogens with one attached hydrogen (secondary N) is 3. The highest BCUT2D eigenvalue weighted by Gasteiger charge is 2.15. The predicted molar refractivity (Wildman–Crippen MR) is 63.2 cm³/mol. The summed E-state index contributed by atoms with van der Waals surface area (Å²) < 4.78 is 0. The van der Waals surface area contributed by atoms with Gasteiger partial charge in [0, 0.05) is 0 Å². The lowest BCUT2D eigenvalue weighted by atomic mass is 10.2. The molecule has 5 nitrogen and oxygen atoms in total. The lowest BCUT2D eigenvalue weighted by Gasteiger charge is -2.06. The van der Waals surface area contributed by atoms with E-state index in [0.29, 0.717) is 18.1 Å². The van der Waals surface area contributed by atoms with E-state index < -0.39 is 0 Å². The maximum absolute atomic E-state index is 11.6. The number of para-hydroxylation sites is 1. The molecule has 0 fully saturated rings. The molecule has 0 saturated heterocycles. The average molecular weight is 216 g/mol. The minimum absolute atomic E-state index is 0.188. The number of carbonyl (C=O) groups excluding carboxylic acids is 1. The Labute approximate surface area is 93.2 Å². The quantitative estimate of drug-likeness (QED) is 0.643. The van der Waals surface area contributed by atoms with Gasteiger partial charge in [-0.25, -0.2) is 4.99 Å². The van der Waals surface area contributed by atoms with Crippen LogP contribution in [0, 0.1) is 0 Å². The van der Waals surface area contributed by atoms with Crippen molar-refractivity contribution in [3.05, 3.63) is 42.5 Å². The van der Waals surface area contributed by atoms with Crippen molar-refractivity contribution in [1.82, 2.24) is 10.9 Å². The molecule has 1 aromatic rings. The van der Waals surface area contributed by atoms with Crippen molar-refractivity contribution in [2.24, 2.45) is 4.99 Å². The molecule has 1 aromatic carbocycles. The van der Waals surface area contributed by atoms with Gasteiger partial charge >= 0.3 is 0 Å². The van der Waals surface area contributed by atoms with Crippen LogP contribution < -0.4 is 16.2 Å². The summed E-state index contributed by atoms with van der Waals surface area (Å²) in [7, 11) is 0. The van der Waals surface area contributed by atoms with E-state index in [2.05, 4.69) is 27.7 Å². The first kappa shape index (κ1) is 10.2. The van der Waals surface area contributed by atoms with Crippen molar-refractivity contribution in [3.63, 3.8) is 0 Å². The molecular formula is C11H12N4O. The van der Waals surface area contributed by atoms with Crippen LogP contribution in [0.1, 0.15) is 10.4 Å². The van der Waals surface area contributed by atoms with E-state index in [1.54, 1.807) is 12.1 Å². The van der Waals surface area contributed by atoms with Crippen LogP contribution in [0.4, 0.5) is 5.69 Å². The van der Waals surface area contributed by atoms with Gasteiger partial charge in [0.25, 0.3) is 5.91 Å². The van der Waals surface area contributed by atoms with Crippen LogP contribution in [0.5, 0.6) is 0 Å². The highest BCUT2D eigenvalue weighted by Crippen LogP contribution is 2.15. The fourth-order valence-electron chi connectivity index (χ4n) is 1.37. The van der Waals surface area contributed by atoms with E-state index in [-0.39, 0.29) is 5.91 Å². The van der Waals surface area contributed by atoms with Crippen LogP contribution in [-0.4, -0.2) is 18.4 Å². The van der Waals surface area contributed by atoms with E-state index >= 15 is 0 Å². The topological polar surface area (TPSA) is 65.5 Å². The molecule has 1 aliphatic heterocycles. The zero-order chi connectivity index (χ0) is 11.4. The van der Waals surface area contributed by atoms with Crippen LogP contribution in [0.2, 0.25) is 0 Å². The van der Waals surface area contributed by atoms with Gasteiger partial charge in [0.05, 0.1) is 17.8 Å². The summed E-state index contributed by atoms with van der Waals surface area (Å²) in [6.45, 7) is 4.06. The molecule has 5 heteroatoms. The molecule has 82 valence electrons. The highest BCUT2D eigenvalue weighted by atomic mass is 16.2. The second-order valence-corrected chi connectivity index (χ2v) is 3.23. The third kappa shape index (κ3) is 2.03. The second kappa shape index (κ2) is 4.48. The summed E-state index contributed by atoms with van der Waals surface area (Å²) in [5.41, 5.74) is 6.56. The Morgan fingerprint density at radius 1 is 1.31 bits per heavy atom. The Balaban J connectivity index is 2.31. The first-order chi connectivity index (χ1) is 7.81. The molecule has 16 heavy (non-hydrogen) atoms. The number of guanidine groups is 1. The predicted octanol–water partition coefficient (Wildman–Crippen LogP) is 0.888. The zero-order valence-corrected chi connectivity index (χ0v) is 8.66. The van der Waals surface area contributed by atoms with Crippen molar-refractivity contribution >= 4 is 17.6 Å². The molecule has 1 amide bonds. The van der Waals surface area contributed by atoms with Crippen LogP contribution in [0.15, 0.2) is 41.9 Å². The number of nitrogens with zero attached hydrogens (tertiary/aromatic N) is 1. The first-order valence-electron chi connectivity index (χ1n) is 4.89. The number of carbonyl (C=O) groups is 1. The van der Waals surface area contributed by atoms with Gasteiger partial charge in [-0.3, -0.25) is 15.6 Å². The van der Waals surface area contributed by atoms with Crippen molar-refractivity contribution in [1.29, 1.82) is 0 Å². The maximum atomic E-state index is 11.6. The van der Waals surface area contributed by atoms with Crippen molar-refractivity contribution in [2.75, 3.05) is 11.9 Å². The summed E-state index contributed by atoms with van der Waals surface area (Å²) in [5.74, 6) is 0.310. The van der Waals surface area contributed by atoms with Crippen LogP contribution in [0.25, 0.3) is 0 Å². The van der Waals surface area contributed by atoms with Gasteiger partial charge in [-0.1, -0.05) is 18.2 Å². The Hall–Kier alpha value is -2.30.